The number of aryl methyl sites for hydroxylation is 1. The fourth-order valence-corrected chi connectivity index (χ4v) is 2.35. The molecule has 0 aliphatic rings. The molecule has 3 nitrogen and oxygen atoms in total. The first-order chi connectivity index (χ1) is 8.36. The third-order valence-corrected chi connectivity index (χ3v) is 3.80. The van der Waals surface area contributed by atoms with Crippen LogP contribution in [0.15, 0.2) is 18.2 Å². The van der Waals surface area contributed by atoms with Gasteiger partial charge in [0.05, 0.1) is 11.3 Å². The number of primary amides is 1. The van der Waals surface area contributed by atoms with E-state index in [0.29, 0.717) is 12.0 Å². The van der Waals surface area contributed by atoms with Gasteiger partial charge in [-0.25, -0.2) is 0 Å². The Morgan fingerprint density at radius 3 is 2.44 bits per heavy atom. The molecule has 0 aliphatic carbocycles. The van der Waals surface area contributed by atoms with Gasteiger partial charge in [0.25, 0.3) is 0 Å². The number of carbonyl (C=O) groups excluding carboxylic acids is 2. The lowest BCUT2D eigenvalue weighted by molar-refractivity contribution is -0.121. The lowest BCUT2D eigenvalue weighted by atomic mass is 9.74. The standard InChI is InChI=1S/C14H18ClNO2/c1-4-14(3,12(17)8-15)11-7-10(13(16)18)6-5-9(11)2/h5-7H,4,8H2,1-3H3,(H2,16,18). The van der Waals surface area contributed by atoms with Crippen molar-refractivity contribution in [3.8, 4) is 0 Å². The van der Waals surface area contributed by atoms with E-state index in [2.05, 4.69) is 0 Å². The van der Waals surface area contributed by atoms with Crippen molar-refractivity contribution >= 4 is 23.3 Å². The van der Waals surface area contributed by atoms with Crippen LogP contribution in [0.1, 0.15) is 41.8 Å². The van der Waals surface area contributed by atoms with Crippen molar-refractivity contribution in [2.24, 2.45) is 5.73 Å². The molecule has 1 amide bonds. The van der Waals surface area contributed by atoms with E-state index in [1.165, 1.54) is 0 Å². The highest BCUT2D eigenvalue weighted by molar-refractivity contribution is 6.29. The number of benzene rings is 1. The normalized spacial score (nSPS) is 14.0. The van der Waals surface area contributed by atoms with Crippen LogP contribution in [0.2, 0.25) is 0 Å². The molecule has 98 valence electrons. The molecule has 0 aliphatic heterocycles. The minimum atomic E-state index is -0.669. The number of rotatable bonds is 5. The van der Waals surface area contributed by atoms with E-state index in [0.717, 1.165) is 11.1 Å². The third kappa shape index (κ3) is 2.56. The summed E-state index contributed by atoms with van der Waals surface area (Å²) in [5, 5.41) is 0. The monoisotopic (exact) mass is 267 g/mol. The van der Waals surface area contributed by atoms with Gasteiger partial charge in [-0.3, -0.25) is 9.59 Å². The molecule has 0 saturated heterocycles. The van der Waals surface area contributed by atoms with Crippen LogP contribution in [0.4, 0.5) is 0 Å². The van der Waals surface area contributed by atoms with Crippen LogP contribution in [0.25, 0.3) is 0 Å². The first kappa shape index (κ1) is 14.7. The Labute approximate surface area is 112 Å². The van der Waals surface area contributed by atoms with Crippen molar-refractivity contribution in [2.45, 2.75) is 32.6 Å². The zero-order valence-corrected chi connectivity index (χ0v) is 11.7. The van der Waals surface area contributed by atoms with Gasteiger partial charge in [0.2, 0.25) is 5.91 Å². The summed E-state index contributed by atoms with van der Waals surface area (Å²) in [5.41, 5.74) is 6.81. The smallest absolute Gasteiger partial charge is 0.248 e. The fourth-order valence-electron chi connectivity index (χ4n) is 2.06. The predicted octanol–water partition coefficient (Wildman–Crippen LogP) is 2.57. The molecule has 1 unspecified atom stereocenters. The highest BCUT2D eigenvalue weighted by atomic mass is 35.5. The zero-order valence-electron chi connectivity index (χ0n) is 10.9. The molecule has 0 heterocycles. The van der Waals surface area contributed by atoms with Crippen molar-refractivity contribution in [1.82, 2.24) is 0 Å². The van der Waals surface area contributed by atoms with Crippen molar-refractivity contribution in [1.29, 1.82) is 0 Å². The summed E-state index contributed by atoms with van der Waals surface area (Å²) in [6.07, 6.45) is 0.627. The second kappa shape index (κ2) is 5.53. The summed E-state index contributed by atoms with van der Waals surface area (Å²) in [4.78, 5) is 23.3. The molecule has 1 atom stereocenters. The second-order valence-corrected chi connectivity index (χ2v) is 4.90. The molecule has 2 N–H and O–H groups in total. The van der Waals surface area contributed by atoms with Gasteiger partial charge in [0.1, 0.15) is 0 Å². The van der Waals surface area contributed by atoms with Gasteiger partial charge in [-0.1, -0.05) is 13.0 Å². The predicted molar refractivity (Wildman–Crippen MR) is 73.1 cm³/mol. The highest BCUT2D eigenvalue weighted by Crippen LogP contribution is 2.32. The highest BCUT2D eigenvalue weighted by Gasteiger charge is 2.33. The van der Waals surface area contributed by atoms with Gasteiger partial charge in [0.15, 0.2) is 5.78 Å². The van der Waals surface area contributed by atoms with Crippen LogP contribution in [-0.4, -0.2) is 17.6 Å². The summed E-state index contributed by atoms with van der Waals surface area (Å²) < 4.78 is 0. The van der Waals surface area contributed by atoms with Crippen LogP contribution in [0.3, 0.4) is 0 Å². The first-order valence-corrected chi connectivity index (χ1v) is 6.40. The molecule has 0 bridgehead atoms. The number of hydrogen-bond acceptors (Lipinski definition) is 2. The lowest BCUT2D eigenvalue weighted by Gasteiger charge is -2.28. The number of halogens is 1. The maximum atomic E-state index is 12.1. The Bertz CT molecular complexity index is 485. The number of ketones is 1. The van der Waals surface area contributed by atoms with Gasteiger partial charge in [-0.15, -0.1) is 11.6 Å². The van der Waals surface area contributed by atoms with Gasteiger partial charge in [0, 0.05) is 5.56 Å². The first-order valence-electron chi connectivity index (χ1n) is 5.87. The third-order valence-electron chi connectivity index (χ3n) is 3.56. The van der Waals surface area contributed by atoms with Gasteiger partial charge in [-0.05, 0) is 43.5 Å². The summed E-state index contributed by atoms with van der Waals surface area (Å²) in [6, 6.07) is 5.18. The fraction of sp³-hybridized carbons (Fsp3) is 0.429. The topological polar surface area (TPSA) is 60.2 Å². The van der Waals surface area contributed by atoms with E-state index in [1.54, 1.807) is 12.1 Å². The van der Waals surface area contributed by atoms with E-state index in [1.807, 2.05) is 26.8 Å². The van der Waals surface area contributed by atoms with E-state index in [9.17, 15) is 9.59 Å². The number of amides is 1. The minimum Gasteiger partial charge on any atom is -0.366 e. The Morgan fingerprint density at radius 2 is 2.00 bits per heavy atom. The SMILES string of the molecule is CCC(C)(C(=O)CCl)c1cc(C(N)=O)ccc1C. The van der Waals surface area contributed by atoms with Gasteiger partial charge >= 0.3 is 0 Å². The molecular weight excluding hydrogens is 250 g/mol. The molecular formula is C14H18ClNO2. The summed E-state index contributed by atoms with van der Waals surface area (Å²) >= 11 is 5.68. The van der Waals surface area contributed by atoms with Crippen molar-refractivity contribution in [3.05, 3.63) is 34.9 Å². The van der Waals surface area contributed by atoms with Crippen LogP contribution in [0, 0.1) is 6.92 Å². The Hall–Kier alpha value is -1.35. The maximum absolute atomic E-state index is 12.1. The Morgan fingerprint density at radius 1 is 1.39 bits per heavy atom. The molecule has 0 fully saturated rings. The molecule has 0 saturated carbocycles. The average molecular weight is 268 g/mol. The summed E-state index contributed by atoms with van der Waals surface area (Å²) in [7, 11) is 0. The Balaban J connectivity index is 3.41. The van der Waals surface area contributed by atoms with Crippen LogP contribution in [-0.2, 0) is 10.2 Å². The Kier molecular flexibility index (Phi) is 4.52. The summed E-state index contributed by atoms with van der Waals surface area (Å²) in [6.45, 7) is 5.70. The van der Waals surface area contributed by atoms with Crippen LogP contribution >= 0.6 is 11.6 Å². The quantitative estimate of drug-likeness (QED) is 0.834. The number of carbonyl (C=O) groups is 2. The molecule has 18 heavy (non-hydrogen) atoms. The minimum absolute atomic E-state index is 0.0371. The zero-order chi connectivity index (χ0) is 13.9. The maximum Gasteiger partial charge on any atom is 0.248 e. The molecule has 4 heteroatoms. The molecule has 0 radical (unpaired) electrons. The molecule has 0 spiro atoms. The van der Waals surface area contributed by atoms with Gasteiger partial charge < -0.3 is 5.73 Å². The van der Waals surface area contributed by atoms with Crippen molar-refractivity contribution in [3.63, 3.8) is 0 Å². The number of hydrogen-bond donors (Lipinski definition) is 1. The molecule has 1 aromatic carbocycles. The lowest BCUT2D eigenvalue weighted by Crippen LogP contribution is -2.34. The van der Waals surface area contributed by atoms with E-state index in [-0.39, 0.29) is 11.7 Å². The number of alkyl halides is 1. The van der Waals surface area contributed by atoms with Crippen LogP contribution in [0.5, 0.6) is 0 Å². The number of nitrogens with two attached hydrogens (primary N) is 1. The second-order valence-electron chi connectivity index (χ2n) is 4.64. The van der Waals surface area contributed by atoms with Crippen LogP contribution < -0.4 is 5.73 Å². The largest absolute Gasteiger partial charge is 0.366 e. The molecule has 1 rings (SSSR count). The molecule has 0 aromatic heterocycles. The van der Waals surface area contributed by atoms with Crippen molar-refractivity contribution < 1.29 is 9.59 Å². The van der Waals surface area contributed by atoms with E-state index in [4.69, 9.17) is 17.3 Å². The van der Waals surface area contributed by atoms with E-state index >= 15 is 0 Å². The van der Waals surface area contributed by atoms with Gasteiger partial charge in [-0.2, -0.15) is 0 Å². The number of Topliss-reactive ketones (excluding diaryl/α,β-unsaturated/α-hetero) is 1. The summed E-state index contributed by atoms with van der Waals surface area (Å²) in [5.74, 6) is -0.575. The van der Waals surface area contributed by atoms with E-state index < -0.39 is 11.3 Å². The molecule has 1 aromatic rings. The average Bonchev–Trinajstić information content (AvgIpc) is 2.37. The van der Waals surface area contributed by atoms with Crippen molar-refractivity contribution in [2.75, 3.05) is 5.88 Å².